The molecule has 13 rings (SSSR count). The molecule has 0 saturated heterocycles. The summed E-state index contributed by atoms with van der Waals surface area (Å²) < 4.78 is 0. The summed E-state index contributed by atoms with van der Waals surface area (Å²) in [5.41, 5.74) is 20.7. The van der Waals surface area contributed by atoms with Crippen LogP contribution in [0.4, 0.5) is 17.1 Å². The largest absolute Gasteiger partial charge is 0.310 e. The summed E-state index contributed by atoms with van der Waals surface area (Å²) in [5.74, 6) is 0. The van der Waals surface area contributed by atoms with Crippen molar-refractivity contribution in [2.24, 2.45) is 0 Å². The van der Waals surface area contributed by atoms with Crippen LogP contribution in [0.3, 0.4) is 0 Å². The highest BCUT2D eigenvalue weighted by molar-refractivity contribution is 5.97. The first kappa shape index (κ1) is 39.1. The van der Waals surface area contributed by atoms with Crippen molar-refractivity contribution >= 4 is 38.7 Å². The molecule has 10 aromatic carbocycles. The molecule has 2 aliphatic rings. The second-order valence-corrected chi connectivity index (χ2v) is 18.7. The predicted molar refractivity (Wildman–Crippen MR) is 280 cm³/mol. The summed E-state index contributed by atoms with van der Waals surface area (Å²) in [5, 5.41) is 3.56. The number of hydrogen-bond acceptors (Lipinski definition) is 2. The summed E-state index contributed by atoms with van der Waals surface area (Å²) in [4.78, 5) is 7.91. The van der Waals surface area contributed by atoms with E-state index in [-0.39, 0.29) is 5.41 Å². The second-order valence-electron chi connectivity index (χ2n) is 18.7. The van der Waals surface area contributed by atoms with Crippen LogP contribution in [0.5, 0.6) is 0 Å². The van der Waals surface area contributed by atoms with Crippen LogP contribution in [0.25, 0.3) is 66.3 Å². The van der Waals surface area contributed by atoms with Crippen molar-refractivity contribution in [3.8, 4) is 44.6 Å². The Hall–Kier alpha value is -8.33. The van der Waals surface area contributed by atoms with Crippen molar-refractivity contribution in [2.75, 3.05) is 4.90 Å². The van der Waals surface area contributed by atoms with Gasteiger partial charge in [0.2, 0.25) is 0 Å². The zero-order valence-corrected chi connectivity index (χ0v) is 37.5. The van der Waals surface area contributed by atoms with Crippen LogP contribution in [0.15, 0.2) is 243 Å². The fourth-order valence-corrected chi connectivity index (χ4v) is 11.7. The molecule has 11 aromatic rings. The molecule has 2 aliphatic carbocycles. The molecule has 316 valence electrons. The molecule has 0 saturated carbocycles. The van der Waals surface area contributed by atoms with Gasteiger partial charge in [-0.1, -0.05) is 208 Å². The molecule has 0 fully saturated rings. The number of rotatable bonds is 7. The lowest BCUT2D eigenvalue weighted by atomic mass is 9.67. The van der Waals surface area contributed by atoms with E-state index in [2.05, 4.69) is 261 Å². The maximum atomic E-state index is 5.38. The van der Waals surface area contributed by atoms with Crippen LogP contribution in [-0.4, -0.2) is 4.98 Å². The molecule has 2 heteroatoms. The first-order chi connectivity index (χ1) is 33.0. The SMILES string of the molecule is CC1(C)c2cc(-c3nc4ccccc4cc3-c3ccccc3)ccc2-c2cccc(N(c3ccc4c(c3)C(c3ccccc3)(c3ccccc3)c3ccccc3-4)c3ccc4ccccc4c3)c21. The summed E-state index contributed by atoms with van der Waals surface area (Å²) in [6.07, 6.45) is 0. The van der Waals surface area contributed by atoms with Gasteiger partial charge in [-0.25, -0.2) is 4.98 Å². The van der Waals surface area contributed by atoms with Crippen LogP contribution in [0.1, 0.15) is 47.2 Å². The van der Waals surface area contributed by atoms with Crippen LogP contribution in [-0.2, 0) is 10.8 Å². The van der Waals surface area contributed by atoms with Crippen molar-refractivity contribution in [1.29, 1.82) is 0 Å². The summed E-state index contributed by atoms with van der Waals surface area (Å²) in [7, 11) is 0. The average Bonchev–Trinajstić information content (AvgIpc) is 3.82. The Kier molecular flexibility index (Phi) is 8.82. The number of para-hydroxylation sites is 1. The van der Waals surface area contributed by atoms with Crippen molar-refractivity contribution in [3.05, 3.63) is 276 Å². The van der Waals surface area contributed by atoms with Crippen molar-refractivity contribution in [1.82, 2.24) is 4.98 Å². The van der Waals surface area contributed by atoms with Crippen molar-refractivity contribution in [2.45, 2.75) is 24.7 Å². The molecular weight excluding hydrogens is 809 g/mol. The van der Waals surface area contributed by atoms with Crippen LogP contribution in [0.2, 0.25) is 0 Å². The van der Waals surface area contributed by atoms with Gasteiger partial charge < -0.3 is 4.90 Å². The number of benzene rings is 10. The Morgan fingerprint density at radius 1 is 0.358 bits per heavy atom. The van der Waals surface area contributed by atoms with E-state index in [9.17, 15) is 0 Å². The van der Waals surface area contributed by atoms with Crippen LogP contribution >= 0.6 is 0 Å². The van der Waals surface area contributed by atoms with E-state index in [4.69, 9.17) is 4.98 Å². The third-order valence-corrected chi connectivity index (χ3v) is 14.7. The molecule has 0 amide bonds. The molecule has 0 spiro atoms. The number of fused-ring (bicyclic) bond motifs is 8. The van der Waals surface area contributed by atoms with Gasteiger partial charge in [0.25, 0.3) is 0 Å². The quantitative estimate of drug-likeness (QED) is 0.159. The number of anilines is 3. The van der Waals surface area contributed by atoms with Gasteiger partial charge in [-0.05, 0) is 121 Å². The summed E-state index contributed by atoms with van der Waals surface area (Å²) >= 11 is 0. The highest BCUT2D eigenvalue weighted by Gasteiger charge is 2.47. The van der Waals surface area contributed by atoms with E-state index in [1.54, 1.807) is 0 Å². The summed E-state index contributed by atoms with van der Waals surface area (Å²) in [6.45, 7) is 4.81. The minimum absolute atomic E-state index is 0.360. The van der Waals surface area contributed by atoms with Crippen molar-refractivity contribution < 1.29 is 0 Å². The fraction of sp³-hybridized carbons (Fsp3) is 0.0615. The minimum atomic E-state index is -0.528. The van der Waals surface area contributed by atoms with Gasteiger partial charge in [0.05, 0.1) is 22.3 Å². The number of hydrogen-bond donors (Lipinski definition) is 0. The van der Waals surface area contributed by atoms with E-state index in [0.29, 0.717) is 0 Å². The minimum Gasteiger partial charge on any atom is -0.310 e. The van der Waals surface area contributed by atoms with E-state index in [1.807, 2.05) is 0 Å². The highest BCUT2D eigenvalue weighted by atomic mass is 15.1. The number of aromatic nitrogens is 1. The topological polar surface area (TPSA) is 16.1 Å². The van der Waals surface area contributed by atoms with E-state index in [0.717, 1.165) is 44.7 Å². The molecule has 67 heavy (non-hydrogen) atoms. The third kappa shape index (κ3) is 5.93. The average molecular weight is 855 g/mol. The molecule has 0 radical (unpaired) electrons. The molecular formula is C65H46N2. The Balaban J connectivity index is 1.03. The van der Waals surface area contributed by atoms with Gasteiger partial charge in [0, 0.05) is 33.3 Å². The highest BCUT2D eigenvalue weighted by Crippen LogP contribution is 2.59. The lowest BCUT2D eigenvalue weighted by Gasteiger charge is -2.36. The Morgan fingerprint density at radius 2 is 0.940 bits per heavy atom. The number of pyridine rings is 1. The third-order valence-electron chi connectivity index (χ3n) is 14.7. The monoisotopic (exact) mass is 854 g/mol. The molecule has 1 heterocycles. The van der Waals surface area contributed by atoms with E-state index >= 15 is 0 Å². The zero-order chi connectivity index (χ0) is 44.7. The normalized spacial score (nSPS) is 13.8. The van der Waals surface area contributed by atoms with Gasteiger partial charge in [0.1, 0.15) is 0 Å². The molecule has 0 aliphatic heterocycles. The van der Waals surface area contributed by atoms with E-state index in [1.165, 1.54) is 72.1 Å². The maximum Gasteiger partial charge on any atom is 0.0788 e. The van der Waals surface area contributed by atoms with Gasteiger partial charge in [-0.2, -0.15) is 0 Å². The zero-order valence-electron chi connectivity index (χ0n) is 37.5. The predicted octanol–water partition coefficient (Wildman–Crippen LogP) is 16.9. The van der Waals surface area contributed by atoms with Gasteiger partial charge in [-0.15, -0.1) is 0 Å². The molecule has 2 nitrogen and oxygen atoms in total. The van der Waals surface area contributed by atoms with Crippen LogP contribution < -0.4 is 4.90 Å². The molecule has 0 N–H and O–H groups in total. The molecule has 1 aromatic heterocycles. The Morgan fingerprint density at radius 3 is 1.72 bits per heavy atom. The molecule has 0 bridgehead atoms. The van der Waals surface area contributed by atoms with Crippen LogP contribution in [0, 0.1) is 0 Å². The van der Waals surface area contributed by atoms with Gasteiger partial charge in [-0.3, -0.25) is 0 Å². The fourth-order valence-electron chi connectivity index (χ4n) is 11.7. The number of nitrogens with zero attached hydrogens (tertiary/aromatic N) is 2. The first-order valence-electron chi connectivity index (χ1n) is 23.4. The maximum absolute atomic E-state index is 5.38. The Labute approximate surface area is 392 Å². The molecule has 0 atom stereocenters. The summed E-state index contributed by atoms with van der Waals surface area (Å²) in [6, 6.07) is 89.5. The first-order valence-corrected chi connectivity index (χ1v) is 23.4. The second kappa shape index (κ2) is 15.1. The van der Waals surface area contributed by atoms with E-state index < -0.39 is 5.41 Å². The standard InChI is InChI=1S/C65H46N2/c1-64(2)58-41-47(63-56(44-20-6-3-7-21-44)40-46-23-14-17-31-60(46)66-63)34-37-54(58)55-29-18-32-61(62(55)64)67(50-35-33-43-19-12-13-22-45(43)39-50)51-36-38-53-52-28-15-16-30-57(52)65(59(53)42-51,48-24-8-4-9-25-48)49-26-10-5-11-27-49/h3-42H,1-2H3. The van der Waals surface area contributed by atoms with Gasteiger partial charge >= 0.3 is 0 Å². The lowest BCUT2D eigenvalue weighted by molar-refractivity contribution is 0.661. The van der Waals surface area contributed by atoms with Crippen molar-refractivity contribution in [3.63, 3.8) is 0 Å². The molecule has 0 unspecified atom stereocenters. The smallest absolute Gasteiger partial charge is 0.0788 e. The van der Waals surface area contributed by atoms with Gasteiger partial charge in [0.15, 0.2) is 0 Å². The Bertz CT molecular complexity index is 3680. The lowest BCUT2D eigenvalue weighted by Crippen LogP contribution is -2.28.